The minimum Gasteiger partial charge on any atom is -0.361 e. The van der Waals surface area contributed by atoms with E-state index in [1.165, 1.54) is 4.88 Å². The highest BCUT2D eigenvalue weighted by Crippen LogP contribution is 2.32. The Morgan fingerprint density at radius 3 is 3.15 bits per heavy atom. The number of fused-ring (bicyclic) bond motifs is 1. The van der Waals surface area contributed by atoms with Gasteiger partial charge in [-0.15, -0.1) is 11.3 Å². The van der Waals surface area contributed by atoms with Crippen molar-refractivity contribution in [1.29, 1.82) is 0 Å². The molecule has 1 aliphatic rings. The molecule has 20 heavy (non-hydrogen) atoms. The first kappa shape index (κ1) is 13.3. The molecule has 0 saturated carbocycles. The Labute approximate surface area is 121 Å². The van der Waals surface area contributed by atoms with Crippen LogP contribution in [0, 0.1) is 13.8 Å². The molecule has 1 unspecified atom stereocenters. The van der Waals surface area contributed by atoms with Crippen LogP contribution in [0.3, 0.4) is 0 Å². The van der Waals surface area contributed by atoms with E-state index >= 15 is 0 Å². The second-order valence-electron chi connectivity index (χ2n) is 5.17. The zero-order valence-electron chi connectivity index (χ0n) is 11.6. The summed E-state index contributed by atoms with van der Waals surface area (Å²) in [6, 6.07) is 1.83. The van der Waals surface area contributed by atoms with Gasteiger partial charge in [0, 0.05) is 10.9 Å². The van der Waals surface area contributed by atoms with E-state index in [-0.39, 0.29) is 18.4 Å². The minimum absolute atomic E-state index is 0.0374. The van der Waals surface area contributed by atoms with Gasteiger partial charge in [-0.3, -0.25) is 4.79 Å². The van der Waals surface area contributed by atoms with Crippen LogP contribution < -0.4 is 5.32 Å². The number of nitrogens with one attached hydrogen (secondary N) is 1. The third kappa shape index (κ3) is 2.75. The Bertz CT molecular complexity index is 632. The van der Waals surface area contributed by atoms with Crippen molar-refractivity contribution in [2.45, 2.75) is 45.6 Å². The minimum atomic E-state index is -0.0374. The molecule has 0 spiro atoms. The van der Waals surface area contributed by atoms with E-state index in [0.29, 0.717) is 5.76 Å². The summed E-state index contributed by atoms with van der Waals surface area (Å²) < 4.78 is 5.07. The summed E-state index contributed by atoms with van der Waals surface area (Å²) in [4.78, 5) is 18.0. The lowest BCUT2D eigenvalue weighted by molar-refractivity contribution is -0.121. The topological polar surface area (TPSA) is 68.0 Å². The van der Waals surface area contributed by atoms with Crippen molar-refractivity contribution in [3.8, 4) is 0 Å². The summed E-state index contributed by atoms with van der Waals surface area (Å²) in [5, 5.41) is 7.92. The maximum atomic E-state index is 12.1. The van der Waals surface area contributed by atoms with Gasteiger partial charge in [-0.05, 0) is 33.1 Å². The molecule has 1 amide bonds. The summed E-state index contributed by atoms with van der Waals surface area (Å²) in [6.45, 7) is 3.86. The number of thiazole rings is 1. The number of hydrogen-bond donors (Lipinski definition) is 1. The van der Waals surface area contributed by atoms with Gasteiger partial charge < -0.3 is 9.84 Å². The Balaban J connectivity index is 1.67. The van der Waals surface area contributed by atoms with Crippen molar-refractivity contribution in [2.75, 3.05) is 0 Å². The molecule has 5 nitrogen and oxygen atoms in total. The van der Waals surface area contributed by atoms with Crippen LogP contribution in [-0.4, -0.2) is 16.0 Å². The number of aryl methyl sites for hydroxylation is 3. The Morgan fingerprint density at radius 1 is 1.55 bits per heavy atom. The van der Waals surface area contributed by atoms with Crippen LogP contribution in [0.25, 0.3) is 0 Å². The molecule has 0 radical (unpaired) electrons. The van der Waals surface area contributed by atoms with E-state index in [0.717, 1.165) is 35.7 Å². The van der Waals surface area contributed by atoms with Gasteiger partial charge in [0.15, 0.2) is 0 Å². The largest absolute Gasteiger partial charge is 0.361 e. The molecule has 1 N–H and O–H groups in total. The molecular formula is C14H17N3O2S. The van der Waals surface area contributed by atoms with Gasteiger partial charge in [0.2, 0.25) is 5.91 Å². The van der Waals surface area contributed by atoms with Gasteiger partial charge >= 0.3 is 0 Å². The predicted molar refractivity (Wildman–Crippen MR) is 75.6 cm³/mol. The first-order valence-electron chi connectivity index (χ1n) is 6.79. The molecule has 0 aromatic carbocycles. The van der Waals surface area contributed by atoms with Crippen LogP contribution in [0.4, 0.5) is 0 Å². The lowest BCUT2D eigenvalue weighted by atomic mass is 9.97. The lowest BCUT2D eigenvalue weighted by Crippen LogP contribution is -2.32. The smallest absolute Gasteiger partial charge is 0.228 e. The molecule has 2 aromatic rings. The molecule has 3 rings (SSSR count). The first-order valence-corrected chi connectivity index (χ1v) is 7.61. The number of nitrogens with zero attached hydrogens (tertiary/aromatic N) is 2. The van der Waals surface area contributed by atoms with Gasteiger partial charge in [0.25, 0.3) is 0 Å². The summed E-state index contributed by atoms with van der Waals surface area (Å²) in [5.41, 5.74) is 1.85. The fourth-order valence-electron chi connectivity index (χ4n) is 2.58. The average Bonchev–Trinajstić information content (AvgIpc) is 2.95. The molecule has 0 bridgehead atoms. The van der Waals surface area contributed by atoms with Crippen LogP contribution in [0.15, 0.2) is 10.6 Å². The number of carbonyl (C=O) groups excluding carboxylic acids is 1. The molecule has 1 aliphatic carbocycles. The second kappa shape index (κ2) is 5.36. The highest BCUT2D eigenvalue weighted by molar-refractivity contribution is 7.11. The summed E-state index contributed by atoms with van der Waals surface area (Å²) in [6.07, 6.45) is 3.36. The predicted octanol–water partition coefficient (Wildman–Crippen LogP) is 2.48. The Kier molecular flexibility index (Phi) is 3.56. The van der Waals surface area contributed by atoms with E-state index in [4.69, 9.17) is 4.52 Å². The number of amides is 1. The molecule has 0 fully saturated rings. The van der Waals surface area contributed by atoms with Gasteiger partial charge in [0.1, 0.15) is 5.76 Å². The summed E-state index contributed by atoms with van der Waals surface area (Å²) in [5.74, 6) is 0.565. The third-order valence-corrected chi connectivity index (χ3v) is 4.45. The monoisotopic (exact) mass is 291 g/mol. The molecule has 0 aliphatic heterocycles. The lowest BCUT2D eigenvalue weighted by Gasteiger charge is -2.22. The second-order valence-corrected chi connectivity index (χ2v) is 6.45. The fraction of sp³-hybridized carbons (Fsp3) is 0.500. The molecule has 1 atom stereocenters. The maximum Gasteiger partial charge on any atom is 0.228 e. The van der Waals surface area contributed by atoms with Crippen LogP contribution in [0.1, 0.15) is 45.9 Å². The van der Waals surface area contributed by atoms with Crippen LogP contribution in [0.2, 0.25) is 0 Å². The van der Waals surface area contributed by atoms with Crippen LogP contribution in [-0.2, 0) is 17.6 Å². The van der Waals surface area contributed by atoms with Gasteiger partial charge in [-0.1, -0.05) is 5.16 Å². The highest BCUT2D eigenvalue weighted by atomic mass is 32.1. The quantitative estimate of drug-likeness (QED) is 0.943. The number of carbonyl (C=O) groups is 1. The first-order chi connectivity index (χ1) is 9.61. The van der Waals surface area contributed by atoms with Crippen molar-refractivity contribution in [3.05, 3.63) is 33.1 Å². The van der Waals surface area contributed by atoms with Crippen LogP contribution in [0.5, 0.6) is 0 Å². The summed E-state index contributed by atoms with van der Waals surface area (Å²) in [7, 11) is 0. The van der Waals surface area contributed by atoms with Gasteiger partial charge in [-0.2, -0.15) is 0 Å². The SMILES string of the molecule is Cc1cc(CC(=O)NC2CCCc3sc(C)nc32)on1. The number of rotatable bonds is 3. The van der Waals surface area contributed by atoms with Crippen molar-refractivity contribution >= 4 is 17.2 Å². The van der Waals surface area contributed by atoms with Crippen molar-refractivity contribution in [2.24, 2.45) is 0 Å². The average molecular weight is 291 g/mol. The van der Waals surface area contributed by atoms with E-state index in [2.05, 4.69) is 15.5 Å². The van der Waals surface area contributed by atoms with E-state index < -0.39 is 0 Å². The molecular weight excluding hydrogens is 274 g/mol. The van der Waals surface area contributed by atoms with E-state index in [1.807, 2.05) is 13.8 Å². The van der Waals surface area contributed by atoms with Gasteiger partial charge in [-0.25, -0.2) is 4.98 Å². The zero-order valence-corrected chi connectivity index (χ0v) is 12.4. The molecule has 0 saturated heterocycles. The number of hydrogen-bond acceptors (Lipinski definition) is 5. The standard InChI is InChI=1S/C14H17N3O2S/c1-8-6-10(19-17-8)7-13(18)16-11-4-3-5-12-14(11)15-9(2)20-12/h6,11H,3-5,7H2,1-2H3,(H,16,18). The Morgan fingerprint density at radius 2 is 2.40 bits per heavy atom. The summed E-state index contributed by atoms with van der Waals surface area (Å²) >= 11 is 1.74. The fourth-order valence-corrected chi connectivity index (χ4v) is 3.62. The van der Waals surface area contributed by atoms with Crippen LogP contribution >= 0.6 is 11.3 Å². The van der Waals surface area contributed by atoms with Crippen molar-refractivity contribution in [3.63, 3.8) is 0 Å². The van der Waals surface area contributed by atoms with E-state index in [9.17, 15) is 4.79 Å². The maximum absolute atomic E-state index is 12.1. The van der Waals surface area contributed by atoms with Crippen molar-refractivity contribution < 1.29 is 9.32 Å². The zero-order chi connectivity index (χ0) is 14.1. The Hall–Kier alpha value is -1.69. The van der Waals surface area contributed by atoms with E-state index in [1.54, 1.807) is 17.4 Å². The molecule has 106 valence electrons. The molecule has 2 heterocycles. The van der Waals surface area contributed by atoms with Crippen molar-refractivity contribution in [1.82, 2.24) is 15.5 Å². The highest BCUT2D eigenvalue weighted by Gasteiger charge is 2.25. The van der Waals surface area contributed by atoms with Gasteiger partial charge in [0.05, 0.1) is 28.9 Å². The normalized spacial score (nSPS) is 17.8. The number of aromatic nitrogens is 2. The molecule has 6 heteroatoms. The third-order valence-electron chi connectivity index (χ3n) is 3.41. The molecule has 2 aromatic heterocycles.